The molecular weight excluding hydrogens is 240 g/mol. The molecule has 0 fully saturated rings. The summed E-state index contributed by atoms with van der Waals surface area (Å²) in [5.41, 5.74) is 1.71. The molecule has 0 saturated heterocycles. The zero-order valence-electron chi connectivity index (χ0n) is 11.1. The van der Waals surface area contributed by atoms with Gasteiger partial charge in [0.1, 0.15) is 11.5 Å². The van der Waals surface area contributed by atoms with E-state index in [4.69, 9.17) is 9.47 Å². The lowest BCUT2D eigenvalue weighted by Crippen LogP contribution is -2.03. The van der Waals surface area contributed by atoms with Crippen LogP contribution >= 0.6 is 0 Å². The lowest BCUT2D eigenvalue weighted by Gasteiger charge is -2.07. The molecule has 2 aromatic carbocycles. The normalized spacial score (nSPS) is 10.0. The Morgan fingerprint density at radius 2 is 1.47 bits per heavy atom. The van der Waals surface area contributed by atoms with Gasteiger partial charge in [0, 0.05) is 0 Å². The zero-order valence-corrected chi connectivity index (χ0v) is 11.1. The molecule has 2 rings (SSSR count). The molecule has 19 heavy (non-hydrogen) atoms. The third-order valence-electron chi connectivity index (χ3n) is 2.62. The Hall–Kier alpha value is -2.29. The van der Waals surface area contributed by atoms with Crippen molar-refractivity contribution in [2.75, 3.05) is 6.61 Å². The van der Waals surface area contributed by atoms with Gasteiger partial charge in [-0.15, -0.1) is 0 Å². The number of esters is 1. The summed E-state index contributed by atoms with van der Waals surface area (Å²) in [6.07, 6.45) is 0. The molecule has 0 unspecified atom stereocenters. The van der Waals surface area contributed by atoms with Crippen LogP contribution in [0, 0.1) is 6.92 Å². The quantitative estimate of drug-likeness (QED) is 0.776. The van der Waals surface area contributed by atoms with Crippen molar-refractivity contribution in [3.05, 3.63) is 59.7 Å². The molecule has 0 heterocycles. The highest BCUT2D eigenvalue weighted by Crippen LogP contribution is 2.22. The van der Waals surface area contributed by atoms with E-state index in [0.29, 0.717) is 17.9 Å². The Kier molecular flexibility index (Phi) is 4.18. The van der Waals surface area contributed by atoms with Crippen molar-refractivity contribution in [2.45, 2.75) is 13.8 Å². The molecule has 0 aliphatic rings. The summed E-state index contributed by atoms with van der Waals surface area (Å²) in [7, 11) is 0. The van der Waals surface area contributed by atoms with Crippen LogP contribution in [0.5, 0.6) is 11.5 Å². The third kappa shape index (κ3) is 3.58. The summed E-state index contributed by atoms with van der Waals surface area (Å²) in [6.45, 7) is 4.19. The second-order valence-electron chi connectivity index (χ2n) is 4.16. The van der Waals surface area contributed by atoms with Gasteiger partial charge >= 0.3 is 5.97 Å². The van der Waals surface area contributed by atoms with E-state index in [0.717, 1.165) is 5.75 Å². The molecule has 3 heteroatoms. The molecule has 0 amide bonds. The molecular formula is C16H16O3. The predicted molar refractivity (Wildman–Crippen MR) is 73.7 cm³/mol. The maximum absolute atomic E-state index is 11.5. The van der Waals surface area contributed by atoms with E-state index in [1.165, 1.54) is 5.56 Å². The van der Waals surface area contributed by atoms with Gasteiger partial charge in [0.25, 0.3) is 0 Å². The van der Waals surface area contributed by atoms with Crippen molar-refractivity contribution in [1.29, 1.82) is 0 Å². The molecule has 0 bridgehead atoms. The first kappa shape index (κ1) is 13.1. The molecule has 2 aromatic rings. The maximum Gasteiger partial charge on any atom is 0.338 e. The van der Waals surface area contributed by atoms with Crippen LogP contribution < -0.4 is 4.74 Å². The molecule has 98 valence electrons. The van der Waals surface area contributed by atoms with Crippen LogP contribution in [0.15, 0.2) is 48.5 Å². The lowest BCUT2D eigenvalue weighted by molar-refractivity contribution is 0.0526. The first-order valence-electron chi connectivity index (χ1n) is 6.21. The number of hydrogen-bond acceptors (Lipinski definition) is 3. The number of aryl methyl sites for hydroxylation is 1. The van der Waals surface area contributed by atoms with Crippen LogP contribution in [0.1, 0.15) is 22.8 Å². The Balaban J connectivity index is 2.06. The molecule has 0 N–H and O–H groups in total. The number of hydrogen-bond donors (Lipinski definition) is 0. The van der Waals surface area contributed by atoms with E-state index in [1.807, 2.05) is 31.2 Å². The van der Waals surface area contributed by atoms with Gasteiger partial charge in [-0.1, -0.05) is 17.7 Å². The highest BCUT2D eigenvalue weighted by Gasteiger charge is 2.06. The Morgan fingerprint density at radius 3 is 2.00 bits per heavy atom. The maximum atomic E-state index is 11.5. The fourth-order valence-corrected chi connectivity index (χ4v) is 1.62. The summed E-state index contributed by atoms with van der Waals surface area (Å²) in [6, 6.07) is 14.7. The molecule has 0 aliphatic carbocycles. The van der Waals surface area contributed by atoms with Crippen LogP contribution in [0.4, 0.5) is 0 Å². The second-order valence-corrected chi connectivity index (χ2v) is 4.16. The number of carbonyl (C=O) groups excluding carboxylic acids is 1. The van der Waals surface area contributed by atoms with Gasteiger partial charge in [-0.2, -0.15) is 0 Å². The van der Waals surface area contributed by atoms with E-state index in [-0.39, 0.29) is 5.97 Å². The number of carbonyl (C=O) groups is 1. The van der Waals surface area contributed by atoms with Gasteiger partial charge < -0.3 is 9.47 Å². The summed E-state index contributed by atoms with van der Waals surface area (Å²) < 4.78 is 10.6. The largest absolute Gasteiger partial charge is 0.462 e. The van der Waals surface area contributed by atoms with E-state index in [9.17, 15) is 4.79 Å². The third-order valence-corrected chi connectivity index (χ3v) is 2.62. The molecule has 0 saturated carbocycles. The number of benzene rings is 2. The number of ether oxygens (including phenoxy) is 2. The smallest absolute Gasteiger partial charge is 0.338 e. The van der Waals surface area contributed by atoms with Crippen LogP contribution in [0.25, 0.3) is 0 Å². The lowest BCUT2D eigenvalue weighted by atomic mass is 10.2. The molecule has 0 atom stereocenters. The number of rotatable bonds is 4. The summed E-state index contributed by atoms with van der Waals surface area (Å²) in [5.74, 6) is 1.15. The van der Waals surface area contributed by atoms with Gasteiger partial charge in [-0.25, -0.2) is 4.79 Å². The van der Waals surface area contributed by atoms with Gasteiger partial charge in [0.05, 0.1) is 12.2 Å². The van der Waals surface area contributed by atoms with Crippen LogP contribution in [-0.2, 0) is 4.74 Å². The van der Waals surface area contributed by atoms with Crippen molar-refractivity contribution >= 4 is 5.97 Å². The first-order chi connectivity index (χ1) is 9.19. The first-order valence-corrected chi connectivity index (χ1v) is 6.21. The van der Waals surface area contributed by atoms with Crippen molar-refractivity contribution in [3.63, 3.8) is 0 Å². The Labute approximate surface area is 112 Å². The second kappa shape index (κ2) is 6.05. The molecule has 3 nitrogen and oxygen atoms in total. The molecule has 0 aliphatic heterocycles. The molecule has 0 aromatic heterocycles. The standard InChI is InChI=1S/C16H16O3/c1-3-18-16(17)13-6-10-15(11-7-13)19-14-8-4-12(2)5-9-14/h4-11H,3H2,1-2H3. The van der Waals surface area contributed by atoms with Gasteiger partial charge in [-0.05, 0) is 50.2 Å². The highest BCUT2D eigenvalue weighted by molar-refractivity contribution is 5.89. The fourth-order valence-electron chi connectivity index (χ4n) is 1.62. The SMILES string of the molecule is CCOC(=O)c1ccc(Oc2ccc(C)cc2)cc1. The monoisotopic (exact) mass is 256 g/mol. The van der Waals surface area contributed by atoms with Crippen molar-refractivity contribution in [1.82, 2.24) is 0 Å². The Morgan fingerprint density at radius 1 is 0.947 bits per heavy atom. The zero-order chi connectivity index (χ0) is 13.7. The van der Waals surface area contributed by atoms with E-state index in [1.54, 1.807) is 31.2 Å². The topological polar surface area (TPSA) is 35.5 Å². The highest BCUT2D eigenvalue weighted by atomic mass is 16.5. The predicted octanol–water partition coefficient (Wildman–Crippen LogP) is 3.96. The fraction of sp³-hybridized carbons (Fsp3) is 0.188. The average molecular weight is 256 g/mol. The van der Waals surface area contributed by atoms with E-state index >= 15 is 0 Å². The summed E-state index contributed by atoms with van der Waals surface area (Å²) in [4.78, 5) is 11.5. The van der Waals surface area contributed by atoms with E-state index < -0.39 is 0 Å². The van der Waals surface area contributed by atoms with Gasteiger partial charge in [-0.3, -0.25) is 0 Å². The van der Waals surface area contributed by atoms with Gasteiger partial charge in [0.15, 0.2) is 0 Å². The summed E-state index contributed by atoms with van der Waals surface area (Å²) >= 11 is 0. The molecule has 0 spiro atoms. The van der Waals surface area contributed by atoms with Crippen LogP contribution in [0.2, 0.25) is 0 Å². The average Bonchev–Trinajstić information content (AvgIpc) is 2.42. The van der Waals surface area contributed by atoms with Crippen molar-refractivity contribution < 1.29 is 14.3 Å². The summed E-state index contributed by atoms with van der Waals surface area (Å²) in [5, 5.41) is 0. The van der Waals surface area contributed by atoms with E-state index in [2.05, 4.69) is 0 Å². The van der Waals surface area contributed by atoms with Crippen molar-refractivity contribution in [3.8, 4) is 11.5 Å². The van der Waals surface area contributed by atoms with Crippen LogP contribution in [-0.4, -0.2) is 12.6 Å². The van der Waals surface area contributed by atoms with Crippen molar-refractivity contribution in [2.24, 2.45) is 0 Å². The Bertz CT molecular complexity index is 541. The molecule has 0 radical (unpaired) electrons. The minimum atomic E-state index is -0.315. The van der Waals surface area contributed by atoms with Crippen LogP contribution in [0.3, 0.4) is 0 Å². The minimum absolute atomic E-state index is 0.315. The van der Waals surface area contributed by atoms with Gasteiger partial charge in [0.2, 0.25) is 0 Å². The minimum Gasteiger partial charge on any atom is -0.462 e.